The van der Waals surface area contributed by atoms with Crippen LogP contribution < -0.4 is 0 Å². The normalized spacial score (nSPS) is 18.7. The second kappa shape index (κ2) is 10.2. The van der Waals surface area contributed by atoms with Crippen LogP contribution in [0.2, 0.25) is 0 Å². The van der Waals surface area contributed by atoms with Crippen molar-refractivity contribution in [1.29, 1.82) is 0 Å². The highest BCUT2D eigenvalue weighted by atomic mass is 16.5. The monoisotopic (exact) mass is 449 g/mol. The number of amides is 1. The molecule has 2 aromatic carbocycles. The summed E-state index contributed by atoms with van der Waals surface area (Å²) in [5.74, 6) is 0.564. The topological polar surface area (TPSA) is 66.8 Å². The third kappa shape index (κ3) is 5.71. The van der Waals surface area contributed by atoms with E-state index < -0.39 is 6.10 Å². The third-order valence-corrected chi connectivity index (χ3v) is 7.09. The van der Waals surface area contributed by atoms with Crippen molar-refractivity contribution in [3.05, 3.63) is 70.8 Å². The molecule has 0 radical (unpaired) electrons. The fourth-order valence-corrected chi connectivity index (χ4v) is 5.06. The van der Waals surface area contributed by atoms with E-state index in [2.05, 4.69) is 24.3 Å². The maximum Gasteiger partial charge on any atom is 0.254 e. The number of benzene rings is 2. The maximum atomic E-state index is 12.9. The van der Waals surface area contributed by atoms with Gasteiger partial charge in [-0.05, 0) is 75.1 Å². The molecule has 0 unspecified atom stereocenters. The molecule has 5 heteroatoms. The van der Waals surface area contributed by atoms with E-state index in [1.54, 1.807) is 24.3 Å². The molecule has 1 heterocycles. The Morgan fingerprint density at radius 2 is 1.67 bits per heavy atom. The number of rotatable bonds is 8. The summed E-state index contributed by atoms with van der Waals surface area (Å²) in [7, 11) is 0. The molecule has 33 heavy (non-hydrogen) atoms. The first-order valence-electron chi connectivity index (χ1n) is 12.1. The summed E-state index contributed by atoms with van der Waals surface area (Å²) < 4.78 is 5.50. The van der Waals surface area contributed by atoms with Gasteiger partial charge in [0.05, 0.1) is 24.9 Å². The highest BCUT2D eigenvalue weighted by Crippen LogP contribution is 2.30. The molecule has 176 valence electrons. The largest absolute Gasteiger partial charge is 0.393 e. The minimum atomic E-state index is -0.456. The zero-order valence-corrected chi connectivity index (χ0v) is 19.8. The molecule has 4 rings (SSSR count). The molecule has 1 saturated heterocycles. The Balaban J connectivity index is 1.23. The van der Waals surface area contributed by atoms with E-state index in [0.717, 1.165) is 25.7 Å². The van der Waals surface area contributed by atoms with Crippen LogP contribution in [-0.4, -0.2) is 53.1 Å². The minimum absolute atomic E-state index is 0.00743. The average Bonchev–Trinajstić information content (AvgIpc) is 3.24. The number of fused-ring (bicyclic) bond motifs is 1. The van der Waals surface area contributed by atoms with Crippen molar-refractivity contribution in [1.82, 2.24) is 4.90 Å². The quantitative estimate of drug-likeness (QED) is 0.605. The second-order valence-electron chi connectivity index (χ2n) is 10.1. The first kappa shape index (κ1) is 23.7. The zero-order valence-electron chi connectivity index (χ0n) is 19.8. The Hall–Kier alpha value is -2.50. The number of aliphatic hydroxyl groups excluding tert-OH is 1. The van der Waals surface area contributed by atoms with E-state index in [0.29, 0.717) is 49.6 Å². The lowest BCUT2D eigenvalue weighted by molar-refractivity contribution is -0.0370. The third-order valence-electron chi connectivity index (χ3n) is 7.09. The van der Waals surface area contributed by atoms with Crippen LogP contribution in [0.15, 0.2) is 48.5 Å². The number of aliphatic hydroxyl groups is 1. The molecular weight excluding hydrogens is 414 g/mol. The lowest BCUT2D eigenvalue weighted by Gasteiger charge is -2.42. The van der Waals surface area contributed by atoms with Gasteiger partial charge in [-0.3, -0.25) is 9.59 Å². The van der Waals surface area contributed by atoms with Gasteiger partial charge in [-0.2, -0.15) is 0 Å². The molecule has 0 bridgehead atoms. The van der Waals surface area contributed by atoms with Gasteiger partial charge >= 0.3 is 0 Å². The van der Waals surface area contributed by atoms with E-state index >= 15 is 0 Å². The van der Waals surface area contributed by atoms with Crippen LogP contribution in [0.25, 0.3) is 0 Å². The predicted molar refractivity (Wildman–Crippen MR) is 129 cm³/mol. The smallest absolute Gasteiger partial charge is 0.254 e. The van der Waals surface area contributed by atoms with E-state index in [4.69, 9.17) is 4.74 Å². The fourth-order valence-electron chi connectivity index (χ4n) is 5.06. The number of Topliss-reactive ketones (excluding diaryl/α,β-unsaturated/α-hetero) is 1. The van der Waals surface area contributed by atoms with Crippen LogP contribution in [0, 0.1) is 5.92 Å². The summed E-state index contributed by atoms with van der Waals surface area (Å²) in [6.45, 7) is 5.63. The molecule has 2 aliphatic rings. The van der Waals surface area contributed by atoms with Gasteiger partial charge in [-0.15, -0.1) is 0 Å². The number of nitrogens with zero attached hydrogens (tertiary/aromatic N) is 1. The average molecular weight is 450 g/mol. The number of hydrogen-bond acceptors (Lipinski definition) is 4. The van der Waals surface area contributed by atoms with E-state index in [-0.39, 0.29) is 17.2 Å². The minimum Gasteiger partial charge on any atom is -0.393 e. The lowest BCUT2D eigenvalue weighted by Crippen LogP contribution is -2.55. The van der Waals surface area contributed by atoms with Crippen LogP contribution in [0.1, 0.15) is 71.4 Å². The van der Waals surface area contributed by atoms with Gasteiger partial charge in [0, 0.05) is 24.1 Å². The van der Waals surface area contributed by atoms with E-state index in [1.807, 2.05) is 18.7 Å². The van der Waals surface area contributed by atoms with Crippen LogP contribution in [0.3, 0.4) is 0 Å². The number of morpholine rings is 1. The van der Waals surface area contributed by atoms with Gasteiger partial charge in [-0.1, -0.05) is 36.4 Å². The Labute approximate surface area is 196 Å². The molecule has 0 saturated carbocycles. The molecule has 5 nitrogen and oxygen atoms in total. The van der Waals surface area contributed by atoms with Crippen molar-refractivity contribution >= 4 is 11.7 Å². The van der Waals surface area contributed by atoms with Crippen LogP contribution in [-0.2, 0) is 17.6 Å². The predicted octanol–water partition coefficient (Wildman–Crippen LogP) is 4.46. The SMILES string of the molecule is CC1(C)COCCN1C(=O)c1ccc(C(=O)CC[C@@H](O)CCC2Cc3ccccc3C2)cc1. The molecule has 1 amide bonds. The number of carbonyl (C=O) groups is 2. The molecule has 1 atom stereocenters. The molecule has 0 spiro atoms. The molecule has 1 aliphatic heterocycles. The van der Waals surface area contributed by atoms with Gasteiger partial charge in [0.25, 0.3) is 5.91 Å². The Morgan fingerprint density at radius 1 is 1.03 bits per heavy atom. The molecule has 2 aromatic rings. The molecule has 1 aliphatic carbocycles. The molecule has 0 aromatic heterocycles. The highest BCUT2D eigenvalue weighted by molar-refractivity contribution is 5.99. The molecule has 1 fully saturated rings. The first-order valence-corrected chi connectivity index (χ1v) is 12.1. The van der Waals surface area contributed by atoms with Gasteiger partial charge in [-0.25, -0.2) is 0 Å². The van der Waals surface area contributed by atoms with Crippen molar-refractivity contribution in [2.75, 3.05) is 19.8 Å². The number of carbonyl (C=O) groups excluding carboxylic acids is 2. The Kier molecular flexibility index (Phi) is 7.30. The summed E-state index contributed by atoms with van der Waals surface area (Å²) in [6, 6.07) is 15.5. The van der Waals surface area contributed by atoms with Crippen molar-refractivity contribution in [2.45, 2.75) is 64.0 Å². The zero-order chi connectivity index (χ0) is 23.4. The van der Waals surface area contributed by atoms with Gasteiger partial charge in [0.15, 0.2) is 5.78 Å². The Bertz CT molecular complexity index is 957. The summed E-state index contributed by atoms with van der Waals surface area (Å²) >= 11 is 0. The summed E-state index contributed by atoms with van der Waals surface area (Å²) in [5.41, 5.74) is 3.70. The summed E-state index contributed by atoms with van der Waals surface area (Å²) in [5, 5.41) is 10.4. The van der Waals surface area contributed by atoms with Crippen molar-refractivity contribution < 1.29 is 19.4 Å². The maximum absolute atomic E-state index is 12.9. The standard InChI is InChI=1S/C28H35NO4/c1-28(2)19-33-16-15-29(28)27(32)22-10-8-21(9-11-22)26(31)14-13-25(30)12-7-20-17-23-5-3-4-6-24(23)18-20/h3-6,8-11,20,25,30H,7,12-19H2,1-2H3/t25-/m0/s1. The van der Waals surface area contributed by atoms with Gasteiger partial charge < -0.3 is 14.7 Å². The highest BCUT2D eigenvalue weighted by Gasteiger charge is 2.34. The fraction of sp³-hybridized carbons (Fsp3) is 0.500. The number of ether oxygens (including phenoxy) is 1. The second-order valence-corrected chi connectivity index (χ2v) is 10.1. The van der Waals surface area contributed by atoms with Gasteiger partial charge in [0.1, 0.15) is 0 Å². The van der Waals surface area contributed by atoms with Crippen LogP contribution in [0.4, 0.5) is 0 Å². The van der Waals surface area contributed by atoms with Crippen molar-refractivity contribution in [3.63, 3.8) is 0 Å². The van der Waals surface area contributed by atoms with Crippen molar-refractivity contribution in [3.8, 4) is 0 Å². The number of ketones is 1. The molecule has 1 N–H and O–H groups in total. The number of hydrogen-bond donors (Lipinski definition) is 1. The van der Waals surface area contributed by atoms with Crippen LogP contribution >= 0.6 is 0 Å². The van der Waals surface area contributed by atoms with E-state index in [9.17, 15) is 14.7 Å². The lowest BCUT2D eigenvalue weighted by atomic mass is 9.95. The first-order chi connectivity index (χ1) is 15.8. The van der Waals surface area contributed by atoms with Crippen molar-refractivity contribution in [2.24, 2.45) is 5.92 Å². The Morgan fingerprint density at radius 3 is 2.30 bits per heavy atom. The van der Waals surface area contributed by atoms with Gasteiger partial charge in [0.2, 0.25) is 0 Å². The van der Waals surface area contributed by atoms with Crippen LogP contribution in [0.5, 0.6) is 0 Å². The molecular formula is C28H35NO4. The summed E-state index contributed by atoms with van der Waals surface area (Å²) in [4.78, 5) is 27.4. The summed E-state index contributed by atoms with van der Waals surface area (Å²) in [6.07, 6.45) is 4.23. The van der Waals surface area contributed by atoms with E-state index in [1.165, 1.54) is 11.1 Å².